The van der Waals surface area contributed by atoms with Crippen LogP contribution in [0.3, 0.4) is 0 Å². The molecule has 1 rings (SSSR count). The molecule has 0 saturated heterocycles. The van der Waals surface area contributed by atoms with E-state index in [-0.39, 0.29) is 5.91 Å². The van der Waals surface area contributed by atoms with Crippen molar-refractivity contribution >= 4 is 34.8 Å². The second-order valence-electron chi connectivity index (χ2n) is 3.33. The Bertz CT molecular complexity index is 403. The van der Waals surface area contributed by atoms with E-state index in [1.807, 2.05) is 13.8 Å². The molecular formula is C11H14Cl2N2O. The number of carbonyl (C=O) groups excluding carboxylic acids is 1. The molecule has 0 spiro atoms. The first-order chi connectivity index (χ1) is 7.51. The minimum atomic E-state index is -0.127. The van der Waals surface area contributed by atoms with E-state index in [1.54, 1.807) is 4.90 Å². The Kier molecular flexibility index (Phi) is 4.44. The van der Waals surface area contributed by atoms with Crippen LogP contribution in [0.5, 0.6) is 0 Å². The number of benzene rings is 1. The van der Waals surface area contributed by atoms with Gasteiger partial charge in [0.25, 0.3) is 5.91 Å². The van der Waals surface area contributed by atoms with Gasteiger partial charge in [-0.3, -0.25) is 4.79 Å². The zero-order valence-electron chi connectivity index (χ0n) is 9.26. The predicted molar refractivity (Wildman–Crippen MR) is 68.1 cm³/mol. The van der Waals surface area contributed by atoms with Gasteiger partial charge in [-0.2, -0.15) is 0 Å². The Morgan fingerprint density at radius 1 is 1.25 bits per heavy atom. The number of nitrogens with zero attached hydrogens (tertiary/aromatic N) is 1. The number of rotatable bonds is 3. The molecule has 88 valence electrons. The Morgan fingerprint density at radius 3 is 2.31 bits per heavy atom. The van der Waals surface area contributed by atoms with Crippen molar-refractivity contribution in [2.45, 2.75) is 13.8 Å². The second kappa shape index (κ2) is 5.41. The summed E-state index contributed by atoms with van der Waals surface area (Å²) in [5.41, 5.74) is 6.41. The van der Waals surface area contributed by atoms with Crippen LogP contribution in [0, 0.1) is 0 Å². The summed E-state index contributed by atoms with van der Waals surface area (Å²) in [4.78, 5) is 13.7. The Balaban J connectivity index is 3.13. The van der Waals surface area contributed by atoms with E-state index in [0.717, 1.165) is 0 Å². The number of carbonyl (C=O) groups is 1. The van der Waals surface area contributed by atoms with Gasteiger partial charge in [0.1, 0.15) is 0 Å². The zero-order chi connectivity index (χ0) is 12.3. The number of hydrogen-bond acceptors (Lipinski definition) is 2. The highest BCUT2D eigenvalue weighted by molar-refractivity contribution is 6.38. The van der Waals surface area contributed by atoms with Crippen molar-refractivity contribution in [1.29, 1.82) is 0 Å². The number of hydrogen-bond donors (Lipinski definition) is 1. The molecule has 0 aromatic heterocycles. The minimum Gasteiger partial charge on any atom is -0.398 e. The van der Waals surface area contributed by atoms with Crippen LogP contribution in [0.15, 0.2) is 12.1 Å². The fourth-order valence-electron chi connectivity index (χ4n) is 1.41. The average Bonchev–Trinajstić information content (AvgIpc) is 2.25. The van der Waals surface area contributed by atoms with Crippen LogP contribution in [0.4, 0.5) is 5.69 Å². The molecule has 1 aromatic rings. The second-order valence-corrected chi connectivity index (χ2v) is 4.15. The number of nitrogens with two attached hydrogens (primary N) is 1. The monoisotopic (exact) mass is 260 g/mol. The average molecular weight is 261 g/mol. The number of nitrogen functional groups attached to an aromatic ring is 1. The molecule has 0 bridgehead atoms. The van der Waals surface area contributed by atoms with Crippen molar-refractivity contribution in [1.82, 2.24) is 4.90 Å². The molecule has 1 aromatic carbocycles. The molecule has 0 atom stereocenters. The smallest absolute Gasteiger partial charge is 0.255 e. The molecule has 1 amide bonds. The van der Waals surface area contributed by atoms with Crippen molar-refractivity contribution in [3.05, 3.63) is 27.7 Å². The lowest BCUT2D eigenvalue weighted by Crippen LogP contribution is -2.30. The van der Waals surface area contributed by atoms with Crippen LogP contribution < -0.4 is 5.73 Å². The normalized spacial score (nSPS) is 10.2. The summed E-state index contributed by atoms with van der Waals surface area (Å²) >= 11 is 11.8. The van der Waals surface area contributed by atoms with Crippen LogP contribution >= 0.6 is 23.2 Å². The number of amides is 1. The molecule has 0 heterocycles. The summed E-state index contributed by atoms with van der Waals surface area (Å²) < 4.78 is 0. The molecule has 0 radical (unpaired) electrons. The largest absolute Gasteiger partial charge is 0.398 e. The molecule has 0 aliphatic rings. The molecule has 5 heteroatoms. The van der Waals surface area contributed by atoms with Gasteiger partial charge in [0.05, 0.1) is 21.3 Å². The molecule has 0 aliphatic heterocycles. The first kappa shape index (κ1) is 13.1. The summed E-state index contributed by atoms with van der Waals surface area (Å²) in [5, 5.41) is 0.692. The number of anilines is 1. The van der Waals surface area contributed by atoms with Crippen LogP contribution in [-0.4, -0.2) is 23.9 Å². The van der Waals surface area contributed by atoms with E-state index in [4.69, 9.17) is 28.9 Å². The van der Waals surface area contributed by atoms with Gasteiger partial charge in [-0.15, -0.1) is 0 Å². The quantitative estimate of drug-likeness (QED) is 0.850. The summed E-state index contributed by atoms with van der Waals surface area (Å²) in [6.45, 7) is 5.09. The summed E-state index contributed by atoms with van der Waals surface area (Å²) in [7, 11) is 0. The highest BCUT2D eigenvalue weighted by Crippen LogP contribution is 2.27. The van der Waals surface area contributed by atoms with E-state index in [1.165, 1.54) is 12.1 Å². The Hall–Kier alpha value is -0.930. The molecule has 3 nitrogen and oxygen atoms in total. The van der Waals surface area contributed by atoms with Gasteiger partial charge in [-0.25, -0.2) is 0 Å². The maximum atomic E-state index is 12.0. The summed E-state index contributed by atoms with van der Waals surface area (Å²) in [5.74, 6) is -0.127. The van der Waals surface area contributed by atoms with Crippen molar-refractivity contribution in [3.8, 4) is 0 Å². The topological polar surface area (TPSA) is 46.3 Å². The predicted octanol–water partition coefficient (Wildman–Crippen LogP) is 3.06. The lowest BCUT2D eigenvalue weighted by atomic mass is 10.1. The third kappa shape index (κ3) is 2.60. The van der Waals surface area contributed by atoms with Crippen molar-refractivity contribution in [3.63, 3.8) is 0 Å². The molecule has 16 heavy (non-hydrogen) atoms. The van der Waals surface area contributed by atoms with Gasteiger partial charge in [0.15, 0.2) is 0 Å². The van der Waals surface area contributed by atoms with Gasteiger partial charge in [-0.1, -0.05) is 23.2 Å². The van der Waals surface area contributed by atoms with Crippen molar-refractivity contribution < 1.29 is 4.79 Å². The third-order valence-electron chi connectivity index (χ3n) is 2.37. The maximum absolute atomic E-state index is 12.0. The van der Waals surface area contributed by atoms with E-state index in [9.17, 15) is 4.79 Å². The van der Waals surface area contributed by atoms with E-state index >= 15 is 0 Å². The SMILES string of the molecule is CCN(CC)C(=O)c1cc(N)c(Cl)cc1Cl. The first-order valence-electron chi connectivity index (χ1n) is 5.05. The molecule has 0 aliphatic carbocycles. The van der Waals surface area contributed by atoms with Gasteiger partial charge in [-0.05, 0) is 26.0 Å². The van der Waals surface area contributed by atoms with Crippen LogP contribution in [0.25, 0.3) is 0 Å². The van der Waals surface area contributed by atoms with Crippen LogP contribution in [0.1, 0.15) is 24.2 Å². The fourth-order valence-corrected chi connectivity index (χ4v) is 1.87. The highest BCUT2D eigenvalue weighted by Gasteiger charge is 2.17. The molecule has 0 unspecified atom stereocenters. The summed E-state index contributed by atoms with van der Waals surface area (Å²) in [6, 6.07) is 3.01. The fraction of sp³-hybridized carbons (Fsp3) is 0.364. The van der Waals surface area contributed by atoms with Gasteiger partial charge in [0, 0.05) is 13.1 Å². The first-order valence-corrected chi connectivity index (χ1v) is 5.80. The molecular weight excluding hydrogens is 247 g/mol. The van der Waals surface area contributed by atoms with Gasteiger partial charge >= 0.3 is 0 Å². The zero-order valence-corrected chi connectivity index (χ0v) is 10.8. The third-order valence-corrected chi connectivity index (χ3v) is 3.01. The molecule has 0 saturated carbocycles. The van der Waals surface area contributed by atoms with Crippen LogP contribution in [0.2, 0.25) is 10.0 Å². The lowest BCUT2D eigenvalue weighted by Gasteiger charge is -2.19. The van der Waals surface area contributed by atoms with Crippen LogP contribution in [-0.2, 0) is 0 Å². The maximum Gasteiger partial charge on any atom is 0.255 e. The molecule has 0 fully saturated rings. The van der Waals surface area contributed by atoms with E-state index in [0.29, 0.717) is 34.4 Å². The van der Waals surface area contributed by atoms with Gasteiger partial charge in [0.2, 0.25) is 0 Å². The minimum absolute atomic E-state index is 0.127. The Morgan fingerprint density at radius 2 is 1.81 bits per heavy atom. The van der Waals surface area contributed by atoms with Gasteiger partial charge < -0.3 is 10.6 Å². The highest BCUT2D eigenvalue weighted by atomic mass is 35.5. The van der Waals surface area contributed by atoms with E-state index in [2.05, 4.69) is 0 Å². The van der Waals surface area contributed by atoms with Crippen molar-refractivity contribution in [2.75, 3.05) is 18.8 Å². The number of halogens is 2. The van der Waals surface area contributed by atoms with E-state index < -0.39 is 0 Å². The standard InChI is InChI=1S/C11H14Cl2N2O/c1-3-15(4-2)11(16)7-5-10(14)9(13)6-8(7)12/h5-6H,3-4,14H2,1-2H3. The summed E-state index contributed by atoms with van der Waals surface area (Å²) in [6.07, 6.45) is 0. The van der Waals surface area contributed by atoms with Crippen molar-refractivity contribution in [2.24, 2.45) is 0 Å². The Labute approximate surface area is 105 Å². The molecule has 2 N–H and O–H groups in total. The lowest BCUT2D eigenvalue weighted by molar-refractivity contribution is 0.0773.